The average molecular weight is 535 g/mol. The van der Waals surface area contributed by atoms with Gasteiger partial charge in [0, 0.05) is 8.80 Å². The molecule has 1 aliphatic heterocycles. The van der Waals surface area contributed by atoms with Crippen molar-refractivity contribution in [2.75, 3.05) is 0 Å². The quantitative estimate of drug-likeness (QED) is 0.158. The first-order chi connectivity index (χ1) is 17.9. The molecule has 1 saturated carbocycles. The van der Waals surface area contributed by atoms with Gasteiger partial charge in [0.05, 0.1) is 5.56 Å². The third-order valence-corrected chi connectivity index (χ3v) is 12.4. The largest absolute Gasteiger partial charge is 0.435 e. The maximum Gasteiger partial charge on any atom is 0.387 e. The summed E-state index contributed by atoms with van der Waals surface area (Å²) in [6, 6.07) is 13.0. The smallest absolute Gasteiger partial charge is 0.387 e. The van der Waals surface area contributed by atoms with Gasteiger partial charge in [0.15, 0.2) is 0 Å². The Bertz CT molecular complexity index is 941. The molecule has 204 valence electrons. The predicted molar refractivity (Wildman–Crippen MR) is 146 cm³/mol. The molecular weight excluding hydrogens is 492 g/mol. The zero-order valence-corrected chi connectivity index (χ0v) is 23.3. The third-order valence-electron chi connectivity index (χ3n) is 8.92. The van der Waals surface area contributed by atoms with Crippen LogP contribution in [0.15, 0.2) is 36.4 Å². The Morgan fingerprint density at radius 1 is 0.838 bits per heavy atom. The van der Waals surface area contributed by atoms with E-state index in [2.05, 4.69) is 11.7 Å². The molecule has 1 saturated heterocycles. The van der Waals surface area contributed by atoms with Gasteiger partial charge < -0.3 is 4.74 Å². The van der Waals surface area contributed by atoms with Gasteiger partial charge in [-0.2, -0.15) is 8.78 Å². The van der Waals surface area contributed by atoms with Crippen LogP contribution in [-0.4, -0.2) is 15.4 Å². The monoisotopic (exact) mass is 534 g/mol. The minimum absolute atomic E-state index is 0.0371. The van der Waals surface area contributed by atoms with E-state index in [1.165, 1.54) is 81.3 Å². The van der Waals surface area contributed by atoms with Gasteiger partial charge in [-0.15, -0.1) is 0 Å². The molecule has 2 aromatic carbocycles. The molecule has 0 unspecified atom stereocenters. The van der Waals surface area contributed by atoms with Crippen LogP contribution in [0, 0.1) is 23.5 Å². The highest BCUT2D eigenvalue weighted by atomic mass is 28.3. The van der Waals surface area contributed by atoms with E-state index in [4.69, 9.17) is 0 Å². The minimum Gasteiger partial charge on any atom is -0.435 e. The van der Waals surface area contributed by atoms with Crippen LogP contribution in [0.4, 0.5) is 17.6 Å². The lowest BCUT2D eigenvalue weighted by atomic mass is 9.76. The van der Waals surface area contributed by atoms with Crippen molar-refractivity contribution in [2.24, 2.45) is 11.8 Å². The Balaban J connectivity index is 1.24. The van der Waals surface area contributed by atoms with Gasteiger partial charge in [0.1, 0.15) is 17.4 Å². The summed E-state index contributed by atoms with van der Waals surface area (Å²) in [5.74, 6) is 0.630. The summed E-state index contributed by atoms with van der Waals surface area (Å²) < 4.78 is 59.0. The second-order valence-electron chi connectivity index (χ2n) is 11.4. The van der Waals surface area contributed by atoms with Gasteiger partial charge in [-0.3, -0.25) is 0 Å². The fourth-order valence-electron chi connectivity index (χ4n) is 6.65. The normalized spacial score (nSPS) is 24.4. The van der Waals surface area contributed by atoms with Gasteiger partial charge in [-0.25, -0.2) is 8.78 Å². The lowest BCUT2D eigenvalue weighted by Gasteiger charge is -2.32. The van der Waals surface area contributed by atoms with Crippen LogP contribution in [0.3, 0.4) is 0 Å². The second kappa shape index (κ2) is 13.8. The van der Waals surface area contributed by atoms with Crippen molar-refractivity contribution in [1.82, 2.24) is 0 Å². The van der Waals surface area contributed by atoms with Crippen LogP contribution in [0.1, 0.15) is 89.0 Å². The number of halogens is 4. The number of alkyl halides is 2. The molecule has 0 N–H and O–H groups in total. The van der Waals surface area contributed by atoms with E-state index in [0.717, 1.165) is 43.1 Å². The number of unbranched alkanes of at least 4 members (excludes halogenated alkanes) is 2. The van der Waals surface area contributed by atoms with Crippen molar-refractivity contribution in [3.8, 4) is 16.9 Å². The van der Waals surface area contributed by atoms with Gasteiger partial charge >= 0.3 is 6.61 Å². The highest BCUT2D eigenvalue weighted by molar-refractivity contribution is 6.58. The molecule has 0 atom stereocenters. The fraction of sp³-hybridized carbons (Fsp3) is 0.613. The molecular formula is C31H42F4OSi. The maximum atomic E-state index is 15.0. The third kappa shape index (κ3) is 8.08. The van der Waals surface area contributed by atoms with Crippen LogP contribution < -0.4 is 4.74 Å². The number of ether oxygens (including phenoxy) is 1. The van der Waals surface area contributed by atoms with E-state index < -0.39 is 27.0 Å². The Morgan fingerprint density at radius 2 is 1.43 bits per heavy atom. The Labute approximate surface area is 221 Å². The van der Waals surface area contributed by atoms with Gasteiger partial charge in [0.2, 0.25) is 0 Å². The zero-order chi connectivity index (χ0) is 26.2. The first-order valence-electron chi connectivity index (χ1n) is 14.5. The number of benzene rings is 2. The molecule has 4 rings (SSSR count). The highest BCUT2D eigenvalue weighted by Crippen LogP contribution is 2.41. The van der Waals surface area contributed by atoms with Crippen molar-refractivity contribution in [2.45, 2.75) is 108 Å². The molecule has 2 aromatic rings. The van der Waals surface area contributed by atoms with Gasteiger partial charge in [-0.05, 0) is 78.8 Å². The van der Waals surface area contributed by atoms with Crippen molar-refractivity contribution < 1.29 is 22.3 Å². The molecule has 0 spiro atoms. The van der Waals surface area contributed by atoms with Crippen molar-refractivity contribution in [3.63, 3.8) is 0 Å². The SMILES string of the molecule is CCCCC[SiH]1CCC(CCC2CCC(c3cc(F)c(-c4ccc(OC(F)F)cc4)c(F)c3)CC2)CC1. The Morgan fingerprint density at radius 3 is 2.00 bits per heavy atom. The molecule has 6 heteroatoms. The standard InChI is InChI=1S/C31H42F4OSi/c1-2-3-4-17-37-18-15-23(16-19-37)6-5-22-7-9-24(10-8-22)26-20-28(32)30(29(33)21-26)25-11-13-27(14-12-25)36-31(34)35/h11-14,20-24,31,37H,2-10,15-19H2,1H3. The van der Waals surface area contributed by atoms with Gasteiger partial charge in [-0.1, -0.05) is 82.1 Å². The summed E-state index contributed by atoms with van der Waals surface area (Å²) in [7, 11) is -0.433. The minimum atomic E-state index is -2.93. The summed E-state index contributed by atoms with van der Waals surface area (Å²) in [6.45, 7) is -0.644. The molecule has 0 bridgehead atoms. The van der Waals surface area contributed by atoms with E-state index in [1.807, 2.05) is 0 Å². The maximum absolute atomic E-state index is 15.0. The molecule has 1 heterocycles. The van der Waals surface area contributed by atoms with Gasteiger partial charge in [0.25, 0.3) is 0 Å². The summed E-state index contributed by atoms with van der Waals surface area (Å²) in [4.78, 5) is 0. The molecule has 2 aliphatic rings. The molecule has 0 amide bonds. The van der Waals surface area contributed by atoms with Crippen LogP contribution >= 0.6 is 0 Å². The first-order valence-corrected chi connectivity index (χ1v) is 16.9. The molecule has 2 fully saturated rings. The van der Waals surface area contributed by atoms with E-state index in [1.54, 1.807) is 18.1 Å². The van der Waals surface area contributed by atoms with E-state index in [9.17, 15) is 17.6 Å². The van der Waals surface area contributed by atoms with Crippen LogP contribution in [0.2, 0.25) is 18.1 Å². The number of hydrogen-bond donors (Lipinski definition) is 0. The Kier molecular flexibility index (Phi) is 10.5. The summed E-state index contributed by atoms with van der Waals surface area (Å²) in [5.41, 5.74) is 0.926. The lowest BCUT2D eigenvalue weighted by molar-refractivity contribution is -0.0498. The van der Waals surface area contributed by atoms with E-state index in [-0.39, 0.29) is 17.2 Å². The summed E-state index contributed by atoms with van der Waals surface area (Å²) in [6.07, 6.45) is 14.1. The number of rotatable bonds is 11. The van der Waals surface area contributed by atoms with Crippen molar-refractivity contribution in [1.29, 1.82) is 0 Å². The predicted octanol–water partition coefficient (Wildman–Crippen LogP) is 10.1. The molecule has 1 nitrogen and oxygen atoms in total. The second-order valence-corrected chi connectivity index (χ2v) is 14.9. The average Bonchev–Trinajstić information content (AvgIpc) is 2.89. The van der Waals surface area contributed by atoms with Crippen LogP contribution in [0.25, 0.3) is 11.1 Å². The Hall–Kier alpha value is -1.82. The molecule has 0 aromatic heterocycles. The molecule has 0 radical (unpaired) electrons. The lowest BCUT2D eigenvalue weighted by Crippen LogP contribution is -2.22. The zero-order valence-electron chi connectivity index (χ0n) is 22.2. The van der Waals surface area contributed by atoms with Crippen LogP contribution in [-0.2, 0) is 0 Å². The van der Waals surface area contributed by atoms with Crippen LogP contribution in [0.5, 0.6) is 5.75 Å². The molecule has 37 heavy (non-hydrogen) atoms. The number of hydrogen-bond acceptors (Lipinski definition) is 1. The summed E-state index contributed by atoms with van der Waals surface area (Å²) in [5, 5.41) is 0. The van der Waals surface area contributed by atoms with Crippen molar-refractivity contribution >= 4 is 8.80 Å². The summed E-state index contributed by atoms with van der Waals surface area (Å²) >= 11 is 0. The highest BCUT2D eigenvalue weighted by Gasteiger charge is 2.27. The van der Waals surface area contributed by atoms with E-state index >= 15 is 0 Å². The topological polar surface area (TPSA) is 9.23 Å². The fourth-order valence-corrected chi connectivity index (χ4v) is 10.3. The first kappa shape index (κ1) is 28.2. The van der Waals surface area contributed by atoms with Crippen molar-refractivity contribution in [3.05, 3.63) is 53.6 Å². The molecule has 1 aliphatic carbocycles. The van der Waals surface area contributed by atoms with E-state index in [0.29, 0.717) is 5.56 Å².